The molecule has 0 radical (unpaired) electrons. The molecule has 0 aliphatic heterocycles. The van der Waals surface area contributed by atoms with Crippen LogP contribution in [-0.2, 0) is 18.3 Å². The molecule has 0 aliphatic rings. The van der Waals surface area contributed by atoms with Crippen molar-refractivity contribution in [2.75, 3.05) is 19.8 Å². The van der Waals surface area contributed by atoms with Gasteiger partial charge in [0.15, 0.2) is 0 Å². The summed E-state index contributed by atoms with van der Waals surface area (Å²) >= 11 is 0. The first-order valence-corrected chi connectivity index (χ1v) is 7.05. The highest BCUT2D eigenvalue weighted by molar-refractivity contribution is 7.34. The van der Waals surface area contributed by atoms with Crippen LogP contribution in [0, 0.1) is 0 Å². The van der Waals surface area contributed by atoms with E-state index in [9.17, 15) is 14.2 Å². The van der Waals surface area contributed by atoms with Gasteiger partial charge in [0.1, 0.15) is 17.9 Å². The number of carbonyl (C=O) groups is 2. The van der Waals surface area contributed by atoms with Crippen molar-refractivity contribution in [3.8, 4) is 5.75 Å². The molecule has 0 saturated carbocycles. The smallest absolute Gasteiger partial charge is 0.462 e. The number of aliphatic hydroxyl groups is 1. The molecule has 0 saturated heterocycles. The van der Waals surface area contributed by atoms with E-state index in [2.05, 4.69) is 9.05 Å². The minimum Gasteiger partial charge on any atom is -0.462 e. The van der Waals surface area contributed by atoms with Crippen LogP contribution in [0.2, 0.25) is 0 Å². The molecule has 0 spiro atoms. The third-order valence-corrected chi connectivity index (χ3v) is 2.70. The number of aliphatic hydroxyl groups excluding tert-OH is 1. The summed E-state index contributed by atoms with van der Waals surface area (Å²) in [6.07, 6.45) is -1.30. The van der Waals surface area contributed by atoms with Crippen LogP contribution in [0.4, 0.5) is 4.79 Å². The van der Waals surface area contributed by atoms with Crippen molar-refractivity contribution < 1.29 is 37.8 Å². The molecular formula is C12H14O8P+. The van der Waals surface area contributed by atoms with Crippen LogP contribution in [0.25, 0.3) is 0 Å². The minimum absolute atomic E-state index is 0.0304. The molecule has 0 bridgehead atoms. The first kappa shape index (κ1) is 17.0. The molecule has 1 N–H and O–H groups in total. The number of hydrogen-bond donors (Lipinski definition) is 1. The average Bonchev–Trinajstić information content (AvgIpc) is 2.45. The van der Waals surface area contributed by atoms with Gasteiger partial charge < -0.3 is 14.6 Å². The quantitative estimate of drug-likeness (QED) is 0.462. The van der Waals surface area contributed by atoms with Crippen LogP contribution < -0.4 is 4.74 Å². The summed E-state index contributed by atoms with van der Waals surface area (Å²) in [6.45, 7) is 1.18. The fourth-order valence-corrected chi connectivity index (χ4v) is 1.69. The Kier molecular flexibility index (Phi) is 7.31. The first-order chi connectivity index (χ1) is 10.1. The highest BCUT2D eigenvalue weighted by Crippen LogP contribution is 2.26. The number of carbonyl (C=O) groups excluding carboxylic acids is 2. The van der Waals surface area contributed by atoms with Crippen LogP contribution in [0.5, 0.6) is 5.75 Å². The Hall–Kier alpha value is -2.02. The van der Waals surface area contributed by atoms with Crippen molar-refractivity contribution >= 4 is 20.4 Å². The van der Waals surface area contributed by atoms with E-state index < -0.39 is 20.4 Å². The van der Waals surface area contributed by atoms with Gasteiger partial charge in [0.2, 0.25) is 0 Å². The van der Waals surface area contributed by atoms with E-state index in [1.165, 1.54) is 18.2 Å². The summed E-state index contributed by atoms with van der Waals surface area (Å²) in [5.74, 6) is -0.756. The molecule has 1 atom stereocenters. The maximum Gasteiger partial charge on any atom is 0.756 e. The monoisotopic (exact) mass is 317 g/mol. The van der Waals surface area contributed by atoms with Gasteiger partial charge in [0, 0.05) is 4.57 Å². The van der Waals surface area contributed by atoms with Crippen LogP contribution in [0.3, 0.4) is 0 Å². The predicted molar refractivity (Wildman–Crippen MR) is 70.2 cm³/mol. The van der Waals surface area contributed by atoms with E-state index in [0.29, 0.717) is 0 Å². The second kappa shape index (κ2) is 9.02. The van der Waals surface area contributed by atoms with Crippen molar-refractivity contribution in [2.24, 2.45) is 0 Å². The lowest BCUT2D eigenvalue weighted by molar-refractivity contribution is 0.0522. The molecular weight excluding hydrogens is 303 g/mol. The topological polar surface area (TPSA) is 108 Å². The molecule has 0 aromatic heterocycles. The predicted octanol–water partition coefficient (Wildman–Crippen LogP) is 2.05. The minimum atomic E-state index is -2.75. The van der Waals surface area contributed by atoms with Gasteiger partial charge in [-0.25, -0.2) is 4.79 Å². The summed E-state index contributed by atoms with van der Waals surface area (Å²) in [5, 5.41) is 8.46. The number of para-hydroxylation sites is 1. The highest BCUT2D eigenvalue weighted by atomic mass is 31.1. The SMILES string of the molecule is CCOC(=O)c1ccccc1OC(=O)O[P+](=O)OCCO. The Morgan fingerprint density at radius 3 is 2.67 bits per heavy atom. The number of benzene rings is 1. The van der Waals surface area contributed by atoms with E-state index in [1.54, 1.807) is 13.0 Å². The highest BCUT2D eigenvalue weighted by Gasteiger charge is 2.29. The summed E-state index contributed by atoms with van der Waals surface area (Å²) in [7, 11) is -2.75. The Balaban J connectivity index is 2.68. The van der Waals surface area contributed by atoms with Gasteiger partial charge in [-0.3, -0.25) is 0 Å². The Morgan fingerprint density at radius 2 is 2.00 bits per heavy atom. The van der Waals surface area contributed by atoms with Gasteiger partial charge in [0.25, 0.3) is 0 Å². The van der Waals surface area contributed by atoms with Crippen molar-refractivity contribution in [3.63, 3.8) is 0 Å². The van der Waals surface area contributed by atoms with Gasteiger partial charge in [-0.2, -0.15) is 4.79 Å². The van der Waals surface area contributed by atoms with Crippen LogP contribution in [0.1, 0.15) is 17.3 Å². The zero-order chi connectivity index (χ0) is 15.7. The standard InChI is InChI=1S/C12H14O8P/c1-2-17-11(14)9-5-3-4-6-10(9)19-12(15)20-21(16)18-8-7-13/h3-6,13H,2,7-8H2,1H3/q+1. The largest absolute Gasteiger partial charge is 0.756 e. The van der Waals surface area contributed by atoms with Gasteiger partial charge >= 0.3 is 20.4 Å². The molecule has 0 amide bonds. The summed E-state index contributed by atoms with van der Waals surface area (Å²) in [5.41, 5.74) is 0.0304. The lowest BCUT2D eigenvalue weighted by Crippen LogP contribution is -2.12. The second-order valence-electron chi connectivity index (χ2n) is 3.44. The lowest BCUT2D eigenvalue weighted by Gasteiger charge is -2.06. The molecule has 21 heavy (non-hydrogen) atoms. The average molecular weight is 317 g/mol. The molecule has 0 heterocycles. The lowest BCUT2D eigenvalue weighted by atomic mass is 10.2. The Labute approximate surface area is 121 Å². The van der Waals surface area contributed by atoms with Crippen LogP contribution in [-0.4, -0.2) is 37.1 Å². The first-order valence-electron chi connectivity index (χ1n) is 5.95. The second-order valence-corrected chi connectivity index (χ2v) is 4.33. The number of esters is 1. The maximum absolute atomic E-state index is 11.6. The van der Waals surface area contributed by atoms with Gasteiger partial charge in [-0.15, -0.1) is 9.05 Å². The van der Waals surface area contributed by atoms with Crippen molar-refractivity contribution in [2.45, 2.75) is 6.92 Å². The van der Waals surface area contributed by atoms with E-state index in [4.69, 9.17) is 14.6 Å². The summed E-state index contributed by atoms with van der Waals surface area (Å²) in [6, 6.07) is 5.86. The van der Waals surface area contributed by atoms with Crippen molar-refractivity contribution in [3.05, 3.63) is 29.8 Å². The molecule has 0 aliphatic carbocycles. The van der Waals surface area contributed by atoms with E-state index >= 15 is 0 Å². The zero-order valence-electron chi connectivity index (χ0n) is 11.2. The molecule has 9 heteroatoms. The number of hydrogen-bond acceptors (Lipinski definition) is 8. The zero-order valence-corrected chi connectivity index (χ0v) is 12.1. The number of rotatable bonds is 7. The molecule has 1 unspecified atom stereocenters. The van der Waals surface area contributed by atoms with Gasteiger partial charge in [0.05, 0.1) is 13.2 Å². The van der Waals surface area contributed by atoms with Crippen LogP contribution >= 0.6 is 8.25 Å². The van der Waals surface area contributed by atoms with Gasteiger partial charge in [-0.05, 0) is 19.1 Å². The summed E-state index contributed by atoms with van der Waals surface area (Å²) in [4.78, 5) is 23.0. The van der Waals surface area contributed by atoms with E-state index in [-0.39, 0.29) is 31.1 Å². The normalized spacial score (nSPS) is 10.7. The molecule has 1 aromatic carbocycles. The Morgan fingerprint density at radius 1 is 1.29 bits per heavy atom. The molecule has 1 aromatic rings. The van der Waals surface area contributed by atoms with Crippen molar-refractivity contribution in [1.82, 2.24) is 0 Å². The third kappa shape index (κ3) is 5.86. The Bertz CT molecular complexity index is 516. The molecule has 1 rings (SSSR count). The molecule has 8 nitrogen and oxygen atoms in total. The van der Waals surface area contributed by atoms with E-state index in [1.807, 2.05) is 0 Å². The van der Waals surface area contributed by atoms with Gasteiger partial charge in [-0.1, -0.05) is 12.1 Å². The molecule has 114 valence electrons. The van der Waals surface area contributed by atoms with E-state index in [0.717, 1.165) is 0 Å². The fourth-order valence-electron chi connectivity index (χ4n) is 1.24. The van der Waals surface area contributed by atoms with Crippen molar-refractivity contribution in [1.29, 1.82) is 0 Å². The number of ether oxygens (including phenoxy) is 2. The van der Waals surface area contributed by atoms with Crippen LogP contribution in [0.15, 0.2) is 24.3 Å². The fraction of sp³-hybridized carbons (Fsp3) is 0.333. The molecule has 0 fully saturated rings. The third-order valence-electron chi connectivity index (χ3n) is 2.01. The maximum atomic E-state index is 11.6. The summed E-state index contributed by atoms with van der Waals surface area (Å²) < 4.78 is 29.5.